The van der Waals surface area contributed by atoms with Gasteiger partial charge < -0.3 is 5.11 Å². The lowest BCUT2D eigenvalue weighted by atomic mass is 9.96. The zero-order valence-electron chi connectivity index (χ0n) is 7.57. The van der Waals surface area contributed by atoms with Gasteiger partial charge in [0.15, 0.2) is 5.60 Å². The third kappa shape index (κ3) is 2.61. The van der Waals surface area contributed by atoms with E-state index in [9.17, 15) is 13.9 Å². The van der Waals surface area contributed by atoms with Crippen LogP contribution < -0.4 is 0 Å². The van der Waals surface area contributed by atoms with Crippen molar-refractivity contribution >= 4 is 39.1 Å². The molecule has 84 valence electrons. The highest BCUT2D eigenvalue weighted by Gasteiger charge is 2.49. The molecule has 0 aliphatic heterocycles. The molecule has 0 heterocycles. The Hall–Kier alpha value is 0.1000. The molecule has 1 rings (SSSR count). The Balaban J connectivity index is 3.32. The highest BCUT2D eigenvalue weighted by molar-refractivity contribution is 9.10. The van der Waals surface area contributed by atoms with Crippen molar-refractivity contribution < 1.29 is 13.9 Å². The molecule has 15 heavy (non-hydrogen) atoms. The van der Waals surface area contributed by atoms with Crippen LogP contribution in [0.4, 0.5) is 8.78 Å². The summed E-state index contributed by atoms with van der Waals surface area (Å²) in [7, 11) is 0. The molecule has 1 atom stereocenters. The average Bonchev–Trinajstić information content (AvgIpc) is 2.07. The zero-order chi connectivity index (χ0) is 11.9. The number of benzene rings is 1. The molecule has 0 saturated heterocycles. The molecule has 0 bridgehead atoms. The van der Waals surface area contributed by atoms with Crippen LogP contribution in [0.15, 0.2) is 18.2 Å². The fourth-order valence-electron chi connectivity index (χ4n) is 1.02. The number of halogens is 5. The second kappa shape index (κ2) is 4.17. The van der Waals surface area contributed by atoms with E-state index < -0.39 is 10.4 Å². The summed E-state index contributed by atoms with van der Waals surface area (Å²) < 4.78 is 26.1. The minimum Gasteiger partial charge on any atom is -0.378 e. The smallest absolute Gasteiger partial charge is 0.333 e. The topological polar surface area (TPSA) is 20.2 Å². The molecule has 0 spiro atoms. The van der Waals surface area contributed by atoms with Gasteiger partial charge in [0.25, 0.3) is 0 Å². The minimum absolute atomic E-state index is 0.0310. The molecule has 1 nitrogen and oxygen atoms in total. The number of hydrogen-bond donors (Lipinski definition) is 1. The fraction of sp³-hybridized carbons (Fsp3) is 0.333. The summed E-state index contributed by atoms with van der Waals surface area (Å²) in [6.07, 6.45) is 0. The van der Waals surface area contributed by atoms with Gasteiger partial charge in [-0.25, -0.2) is 0 Å². The Morgan fingerprint density at radius 2 is 1.87 bits per heavy atom. The predicted octanol–water partition coefficient (Wildman–Crippen LogP) is 4.19. The van der Waals surface area contributed by atoms with Crippen LogP contribution in [-0.2, 0) is 5.60 Å². The normalized spacial score (nSPS) is 16.2. The Kier molecular flexibility index (Phi) is 3.66. The van der Waals surface area contributed by atoms with Gasteiger partial charge in [0.2, 0.25) is 0 Å². The lowest BCUT2D eigenvalue weighted by Gasteiger charge is -2.29. The van der Waals surface area contributed by atoms with E-state index in [-0.39, 0.29) is 15.6 Å². The van der Waals surface area contributed by atoms with E-state index in [1.165, 1.54) is 18.2 Å². The number of alkyl halides is 3. The lowest BCUT2D eigenvalue weighted by molar-refractivity contribution is -0.109. The van der Waals surface area contributed by atoms with E-state index in [2.05, 4.69) is 15.9 Å². The average molecular weight is 320 g/mol. The van der Waals surface area contributed by atoms with Gasteiger partial charge in [0.05, 0.1) is 0 Å². The van der Waals surface area contributed by atoms with Crippen LogP contribution in [0.5, 0.6) is 0 Å². The van der Waals surface area contributed by atoms with Crippen LogP contribution in [0, 0.1) is 0 Å². The standard InChI is InChI=1S/C9H7BrCl2F2O/c1-8(15,9(10,13)14)6-4-5(11)2-3-7(6)12/h2-4,15H,1H3. The fourth-order valence-corrected chi connectivity index (χ4v) is 1.71. The molecule has 0 aliphatic carbocycles. The van der Waals surface area contributed by atoms with Gasteiger partial charge >= 0.3 is 4.83 Å². The quantitative estimate of drug-likeness (QED) is 0.810. The van der Waals surface area contributed by atoms with Crippen LogP contribution in [0.2, 0.25) is 10.0 Å². The molecule has 1 N–H and O–H groups in total. The zero-order valence-corrected chi connectivity index (χ0v) is 10.7. The van der Waals surface area contributed by atoms with Crippen molar-refractivity contribution in [1.29, 1.82) is 0 Å². The van der Waals surface area contributed by atoms with E-state index in [4.69, 9.17) is 23.2 Å². The Morgan fingerprint density at radius 1 is 1.33 bits per heavy atom. The lowest BCUT2D eigenvalue weighted by Crippen LogP contribution is -2.38. The molecule has 0 radical (unpaired) electrons. The van der Waals surface area contributed by atoms with Crippen molar-refractivity contribution in [1.82, 2.24) is 0 Å². The maximum Gasteiger partial charge on any atom is 0.333 e. The molecular formula is C9H7BrCl2F2O. The first-order valence-corrected chi connectivity index (χ1v) is 5.46. The van der Waals surface area contributed by atoms with Crippen molar-refractivity contribution in [3.8, 4) is 0 Å². The highest BCUT2D eigenvalue weighted by Crippen LogP contribution is 2.44. The first-order chi connectivity index (χ1) is 6.66. The van der Waals surface area contributed by atoms with E-state index in [0.29, 0.717) is 0 Å². The minimum atomic E-state index is -3.49. The van der Waals surface area contributed by atoms with Gasteiger partial charge in [0, 0.05) is 15.6 Å². The Morgan fingerprint density at radius 3 is 2.33 bits per heavy atom. The van der Waals surface area contributed by atoms with Crippen molar-refractivity contribution in [2.75, 3.05) is 0 Å². The van der Waals surface area contributed by atoms with Gasteiger partial charge in [-0.3, -0.25) is 0 Å². The number of aliphatic hydroxyl groups is 1. The monoisotopic (exact) mass is 318 g/mol. The Labute approximate surface area is 104 Å². The molecule has 1 aromatic carbocycles. The third-order valence-corrected chi connectivity index (χ3v) is 3.34. The Bertz CT molecular complexity index is 377. The van der Waals surface area contributed by atoms with Crippen LogP contribution in [-0.4, -0.2) is 9.94 Å². The van der Waals surface area contributed by atoms with Crippen LogP contribution in [0.25, 0.3) is 0 Å². The molecule has 0 amide bonds. The molecule has 0 aromatic heterocycles. The third-order valence-electron chi connectivity index (χ3n) is 2.00. The van der Waals surface area contributed by atoms with Crippen LogP contribution >= 0.6 is 39.1 Å². The molecule has 0 fully saturated rings. The van der Waals surface area contributed by atoms with Crippen LogP contribution in [0.3, 0.4) is 0 Å². The largest absolute Gasteiger partial charge is 0.378 e. The number of hydrogen-bond acceptors (Lipinski definition) is 1. The summed E-state index contributed by atoms with van der Waals surface area (Å²) in [5, 5.41) is 9.95. The first kappa shape index (κ1) is 13.2. The second-order valence-corrected chi connectivity index (χ2v) is 5.03. The summed E-state index contributed by atoms with van der Waals surface area (Å²) in [4.78, 5) is -3.49. The van der Waals surface area contributed by atoms with E-state index in [1.54, 1.807) is 0 Å². The SMILES string of the molecule is CC(O)(c1cc(Cl)ccc1Cl)C(F)(F)Br. The van der Waals surface area contributed by atoms with Crippen molar-refractivity contribution in [3.63, 3.8) is 0 Å². The molecule has 1 unspecified atom stereocenters. The first-order valence-electron chi connectivity index (χ1n) is 3.91. The van der Waals surface area contributed by atoms with Gasteiger partial charge in [0.1, 0.15) is 0 Å². The summed E-state index contributed by atoms with van der Waals surface area (Å²) in [5.41, 5.74) is -2.55. The molecule has 0 saturated carbocycles. The summed E-state index contributed by atoms with van der Waals surface area (Å²) in [5.74, 6) is 0. The van der Waals surface area contributed by atoms with Gasteiger partial charge in [-0.2, -0.15) is 8.78 Å². The molecular weight excluding hydrogens is 313 g/mol. The summed E-state index contributed by atoms with van der Waals surface area (Å²) in [6.45, 7) is 0.958. The predicted molar refractivity (Wildman–Crippen MR) is 59.9 cm³/mol. The van der Waals surface area contributed by atoms with E-state index in [0.717, 1.165) is 6.92 Å². The van der Waals surface area contributed by atoms with Crippen molar-refractivity contribution in [2.45, 2.75) is 17.4 Å². The summed E-state index contributed by atoms with van der Waals surface area (Å²) >= 11 is 13.5. The molecule has 1 aromatic rings. The number of rotatable bonds is 2. The van der Waals surface area contributed by atoms with Crippen molar-refractivity contribution in [3.05, 3.63) is 33.8 Å². The summed E-state index contributed by atoms with van der Waals surface area (Å²) in [6, 6.07) is 4.02. The maximum absolute atomic E-state index is 13.1. The molecule has 6 heteroatoms. The highest BCUT2D eigenvalue weighted by atomic mass is 79.9. The van der Waals surface area contributed by atoms with Crippen molar-refractivity contribution in [2.24, 2.45) is 0 Å². The van der Waals surface area contributed by atoms with Gasteiger partial charge in [-0.1, -0.05) is 23.2 Å². The van der Waals surface area contributed by atoms with Crippen LogP contribution in [0.1, 0.15) is 12.5 Å². The van der Waals surface area contributed by atoms with Gasteiger partial charge in [-0.05, 0) is 41.1 Å². The van der Waals surface area contributed by atoms with Gasteiger partial charge in [-0.15, -0.1) is 0 Å². The maximum atomic E-state index is 13.1. The van der Waals surface area contributed by atoms with E-state index in [1.807, 2.05) is 0 Å². The molecule has 0 aliphatic rings. The second-order valence-electron chi connectivity index (χ2n) is 3.19. The van der Waals surface area contributed by atoms with E-state index >= 15 is 0 Å².